The highest BCUT2D eigenvalue weighted by atomic mass is 16.2. The molecule has 0 bridgehead atoms. The molecule has 1 aliphatic rings. The number of aromatic amines is 1. The van der Waals surface area contributed by atoms with E-state index in [1.807, 2.05) is 24.0 Å². The van der Waals surface area contributed by atoms with Crippen LogP contribution >= 0.6 is 0 Å². The molecule has 4 heterocycles. The monoisotopic (exact) mass is 329 g/mol. The number of aromatic nitrogens is 6. The molecule has 24 heavy (non-hydrogen) atoms. The molecule has 0 amide bonds. The first-order chi connectivity index (χ1) is 11.5. The van der Waals surface area contributed by atoms with Crippen molar-refractivity contribution >= 4 is 17.1 Å². The van der Waals surface area contributed by atoms with Crippen molar-refractivity contribution < 1.29 is 0 Å². The van der Waals surface area contributed by atoms with E-state index in [4.69, 9.17) is 0 Å². The van der Waals surface area contributed by atoms with Crippen molar-refractivity contribution in [3.05, 3.63) is 38.8 Å². The van der Waals surface area contributed by atoms with Gasteiger partial charge in [-0.25, -0.2) is 4.79 Å². The maximum absolute atomic E-state index is 12.1. The molecular weight excluding hydrogens is 310 g/mol. The Hall–Kier alpha value is -2.84. The smallest absolute Gasteiger partial charge is 0.329 e. The van der Waals surface area contributed by atoms with Crippen molar-refractivity contribution in [1.82, 2.24) is 28.9 Å². The van der Waals surface area contributed by atoms with Crippen LogP contribution in [0.1, 0.15) is 18.0 Å². The van der Waals surface area contributed by atoms with Gasteiger partial charge in [-0.05, 0) is 18.9 Å². The third-order valence-electron chi connectivity index (χ3n) is 4.66. The lowest BCUT2D eigenvalue weighted by molar-refractivity contribution is 0.494. The van der Waals surface area contributed by atoms with Crippen LogP contribution in [-0.2, 0) is 14.1 Å². The van der Waals surface area contributed by atoms with E-state index in [9.17, 15) is 9.59 Å². The van der Waals surface area contributed by atoms with Crippen LogP contribution in [0.2, 0.25) is 0 Å². The average molecular weight is 329 g/mol. The quantitative estimate of drug-likeness (QED) is 0.709. The molecule has 1 aliphatic heterocycles. The van der Waals surface area contributed by atoms with E-state index in [-0.39, 0.29) is 6.04 Å². The third kappa shape index (κ3) is 2.08. The van der Waals surface area contributed by atoms with E-state index in [0.717, 1.165) is 25.1 Å². The molecule has 1 N–H and O–H groups in total. The van der Waals surface area contributed by atoms with E-state index < -0.39 is 11.2 Å². The Labute approximate surface area is 137 Å². The Morgan fingerprint density at radius 2 is 2.04 bits per heavy atom. The van der Waals surface area contributed by atoms with Crippen LogP contribution < -0.4 is 16.1 Å². The first kappa shape index (κ1) is 14.7. The van der Waals surface area contributed by atoms with Crippen molar-refractivity contribution in [2.75, 3.05) is 18.0 Å². The van der Waals surface area contributed by atoms with Crippen LogP contribution in [0.4, 0.5) is 5.95 Å². The van der Waals surface area contributed by atoms with Gasteiger partial charge in [0, 0.05) is 33.4 Å². The van der Waals surface area contributed by atoms with Crippen LogP contribution in [0.3, 0.4) is 0 Å². The highest BCUT2D eigenvalue weighted by Gasteiger charge is 2.28. The standard InChI is InChI=1S/C15H19N7O2/c1-9-6-16-22(7-9)10-4-5-21(8-10)14-17-12-11(19(14)2)13(23)18-15(24)20(12)3/h6-7,10H,4-5,8H2,1-3H3,(H,18,23,24). The van der Waals surface area contributed by atoms with Crippen LogP contribution in [0.25, 0.3) is 11.2 Å². The molecule has 126 valence electrons. The Bertz CT molecular complexity index is 1040. The molecule has 1 atom stereocenters. The summed E-state index contributed by atoms with van der Waals surface area (Å²) in [5, 5.41) is 4.39. The summed E-state index contributed by atoms with van der Waals surface area (Å²) in [5.41, 5.74) is 1.08. The van der Waals surface area contributed by atoms with Crippen LogP contribution in [-0.4, -0.2) is 42.0 Å². The number of aryl methyl sites for hydroxylation is 3. The van der Waals surface area contributed by atoms with E-state index in [1.165, 1.54) is 4.57 Å². The molecule has 9 nitrogen and oxygen atoms in total. The van der Waals surface area contributed by atoms with Crippen LogP contribution in [0.5, 0.6) is 0 Å². The van der Waals surface area contributed by atoms with Gasteiger partial charge in [-0.15, -0.1) is 0 Å². The molecule has 0 spiro atoms. The maximum Gasteiger partial charge on any atom is 0.329 e. The number of nitrogens with one attached hydrogen (secondary N) is 1. The second kappa shape index (κ2) is 5.08. The van der Waals surface area contributed by atoms with E-state index in [2.05, 4.69) is 20.0 Å². The number of nitrogens with zero attached hydrogens (tertiary/aromatic N) is 6. The van der Waals surface area contributed by atoms with Crippen molar-refractivity contribution in [3.8, 4) is 0 Å². The van der Waals surface area contributed by atoms with Gasteiger partial charge in [0.05, 0.1) is 12.2 Å². The van der Waals surface area contributed by atoms with E-state index in [0.29, 0.717) is 17.1 Å². The predicted molar refractivity (Wildman–Crippen MR) is 89.4 cm³/mol. The second-order valence-electron chi connectivity index (χ2n) is 6.35. The molecule has 0 aliphatic carbocycles. The topological polar surface area (TPSA) is 93.7 Å². The van der Waals surface area contributed by atoms with Gasteiger partial charge in [0.1, 0.15) is 0 Å². The van der Waals surface area contributed by atoms with Crippen LogP contribution in [0.15, 0.2) is 22.0 Å². The first-order valence-electron chi connectivity index (χ1n) is 7.87. The number of H-pyrrole nitrogens is 1. The van der Waals surface area contributed by atoms with Gasteiger partial charge in [-0.2, -0.15) is 10.1 Å². The van der Waals surface area contributed by atoms with Gasteiger partial charge in [-0.1, -0.05) is 0 Å². The van der Waals surface area contributed by atoms with Crippen molar-refractivity contribution in [2.24, 2.45) is 14.1 Å². The summed E-state index contributed by atoms with van der Waals surface area (Å²) in [5.74, 6) is 0.697. The lowest BCUT2D eigenvalue weighted by Crippen LogP contribution is -2.29. The van der Waals surface area contributed by atoms with Gasteiger partial charge in [0.2, 0.25) is 5.95 Å². The summed E-state index contributed by atoms with van der Waals surface area (Å²) >= 11 is 0. The van der Waals surface area contributed by atoms with Crippen LogP contribution in [0, 0.1) is 6.92 Å². The maximum atomic E-state index is 12.1. The Balaban J connectivity index is 1.74. The molecule has 3 aromatic heterocycles. The Kier molecular flexibility index (Phi) is 3.12. The highest BCUT2D eigenvalue weighted by molar-refractivity contribution is 5.74. The number of fused-ring (bicyclic) bond motifs is 1. The summed E-state index contributed by atoms with van der Waals surface area (Å²) in [6.07, 6.45) is 4.85. The molecule has 3 aromatic rings. The molecule has 4 rings (SSSR count). The predicted octanol–water partition coefficient (Wildman–Crippen LogP) is -0.0834. The number of hydrogen-bond acceptors (Lipinski definition) is 5. The zero-order valence-corrected chi connectivity index (χ0v) is 13.9. The molecule has 1 saturated heterocycles. The molecular formula is C15H19N7O2. The molecule has 1 fully saturated rings. The molecule has 0 saturated carbocycles. The van der Waals surface area contributed by atoms with Crippen molar-refractivity contribution in [1.29, 1.82) is 0 Å². The zero-order valence-electron chi connectivity index (χ0n) is 13.9. The highest BCUT2D eigenvalue weighted by Crippen LogP contribution is 2.27. The van der Waals surface area contributed by atoms with E-state index in [1.54, 1.807) is 18.7 Å². The summed E-state index contributed by atoms with van der Waals surface area (Å²) in [6.45, 7) is 3.62. The number of anilines is 1. The molecule has 0 aromatic carbocycles. The summed E-state index contributed by atoms with van der Waals surface area (Å²) < 4.78 is 5.11. The van der Waals surface area contributed by atoms with Crippen molar-refractivity contribution in [3.63, 3.8) is 0 Å². The zero-order chi connectivity index (χ0) is 17.0. The minimum Gasteiger partial charge on any atom is -0.340 e. The van der Waals surface area contributed by atoms with Gasteiger partial charge in [-0.3, -0.25) is 19.0 Å². The normalized spacial score (nSPS) is 18.0. The fourth-order valence-corrected chi connectivity index (χ4v) is 3.35. The number of hydrogen-bond donors (Lipinski definition) is 1. The SMILES string of the molecule is Cc1cnn(C2CCN(c3nc4c(c(=O)[nH]c(=O)n4C)n3C)C2)c1. The minimum atomic E-state index is -0.455. The lowest BCUT2D eigenvalue weighted by Gasteiger charge is -2.17. The molecule has 9 heteroatoms. The Morgan fingerprint density at radius 1 is 1.25 bits per heavy atom. The lowest BCUT2D eigenvalue weighted by atomic mass is 10.3. The first-order valence-corrected chi connectivity index (χ1v) is 7.87. The van der Waals surface area contributed by atoms with Gasteiger partial charge in [0.15, 0.2) is 11.2 Å². The fourth-order valence-electron chi connectivity index (χ4n) is 3.35. The molecule has 0 radical (unpaired) electrons. The number of imidazole rings is 1. The summed E-state index contributed by atoms with van der Waals surface area (Å²) in [7, 11) is 3.41. The van der Waals surface area contributed by atoms with Gasteiger partial charge < -0.3 is 9.47 Å². The largest absolute Gasteiger partial charge is 0.340 e. The average Bonchev–Trinajstić information content (AvgIpc) is 3.23. The summed E-state index contributed by atoms with van der Waals surface area (Å²) in [6, 6.07) is 0.278. The van der Waals surface area contributed by atoms with Crippen molar-refractivity contribution in [2.45, 2.75) is 19.4 Å². The Morgan fingerprint density at radius 3 is 2.75 bits per heavy atom. The number of rotatable bonds is 2. The fraction of sp³-hybridized carbons (Fsp3) is 0.467. The minimum absolute atomic E-state index is 0.278. The second-order valence-corrected chi connectivity index (χ2v) is 6.35. The van der Waals surface area contributed by atoms with Gasteiger partial charge in [0.25, 0.3) is 5.56 Å². The summed E-state index contributed by atoms with van der Waals surface area (Å²) in [4.78, 5) is 32.9. The van der Waals surface area contributed by atoms with Gasteiger partial charge >= 0.3 is 5.69 Å². The molecule has 1 unspecified atom stereocenters. The van der Waals surface area contributed by atoms with E-state index >= 15 is 0 Å². The third-order valence-corrected chi connectivity index (χ3v) is 4.66.